The van der Waals surface area contributed by atoms with Crippen LogP contribution in [0.15, 0.2) is 22.9 Å². The molecule has 3 nitrogen and oxygen atoms in total. The smallest absolute Gasteiger partial charge is 0.164 e. The maximum atomic E-state index is 12.0. The van der Waals surface area contributed by atoms with Gasteiger partial charge in [0.25, 0.3) is 0 Å². The number of Topliss-reactive ketones (excluding diaryl/α,β-unsaturated/α-hetero) is 1. The number of halogens is 1. The number of carbonyl (C=O) groups excluding carboxylic acids is 1. The molecule has 0 aliphatic carbocycles. The maximum absolute atomic E-state index is 12.0. The van der Waals surface area contributed by atoms with Gasteiger partial charge < -0.3 is 4.74 Å². The second-order valence-electron chi connectivity index (χ2n) is 4.07. The lowest BCUT2D eigenvalue weighted by Crippen LogP contribution is -2.18. The number of pyridine rings is 1. The van der Waals surface area contributed by atoms with Crippen molar-refractivity contribution in [2.75, 3.05) is 13.2 Å². The van der Waals surface area contributed by atoms with E-state index in [0.29, 0.717) is 17.9 Å². The Hall–Kier alpha value is -0.740. The minimum absolute atomic E-state index is 0.181. The molecule has 1 fully saturated rings. The molecule has 0 bridgehead atoms. The fourth-order valence-electron chi connectivity index (χ4n) is 1.89. The Bertz CT molecular complexity index is 375. The van der Waals surface area contributed by atoms with Crippen LogP contribution in [-0.4, -0.2) is 24.0 Å². The summed E-state index contributed by atoms with van der Waals surface area (Å²) < 4.78 is 6.13. The molecule has 1 saturated heterocycles. The van der Waals surface area contributed by atoms with Crippen LogP contribution in [0.4, 0.5) is 0 Å². The highest BCUT2D eigenvalue weighted by Gasteiger charge is 2.18. The van der Waals surface area contributed by atoms with Gasteiger partial charge in [-0.15, -0.1) is 0 Å². The number of hydrogen-bond acceptors (Lipinski definition) is 3. The first kappa shape index (κ1) is 11.7. The zero-order valence-electron chi connectivity index (χ0n) is 8.99. The van der Waals surface area contributed by atoms with E-state index in [9.17, 15) is 4.79 Å². The van der Waals surface area contributed by atoms with Gasteiger partial charge in [0.15, 0.2) is 5.78 Å². The third kappa shape index (κ3) is 3.12. The number of ether oxygens (including phenoxy) is 1. The molecule has 0 saturated carbocycles. The first-order chi connectivity index (χ1) is 7.75. The molecule has 1 aromatic heterocycles. The summed E-state index contributed by atoms with van der Waals surface area (Å²) in [5.74, 6) is 0.654. The number of ketones is 1. The van der Waals surface area contributed by atoms with Crippen molar-refractivity contribution in [3.63, 3.8) is 0 Å². The largest absolute Gasteiger partial charge is 0.381 e. The fourth-order valence-corrected chi connectivity index (χ4v) is 2.26. The Labute approximate surface area is 103 Å². The van der Waals surface area contributed by atoms with Gasteiger partial charge in [-0.1, -0.05) is 0 Å². The van der Waals surface area contributed by atoms with E-state index < -0.39 is 0 Å². The molecule has 1 aromatic rings. The summed E-state index contributed by atoms with van der Waals surface area (Å²) in [7, 11) is 0. The maximum Gasteiger partial charge on any atom is 0.164 e. The van der Waals surface area contributed by atoms with Crippen molar-refractivity contribution in [3.8, 4) is 0 Å². The highest BCUT2D eigenvalue weighted by molar-refractivity contribution is 9.10. The van der Waals surface area contributed by atoms with Crippen LogP contribution in [0.2, 0.25) is 0 Å². The summed E-state index contributed by atoms with van der Waals surface area (Å²) in [5.41, 5.74) is 0.695. The van der Waals surface area contributed by atoms with Crippen molar-refractivity contribution in [1.82, 2.24) is 4.98 Å². The molecule has 0 N–H and O–H groups in total. The molecule has 0 radical (unpaired) electrons. The van der Waals surface area contributed by atoms with Crippen molar-refractivity contribution >= 4 is 21.7 Å². The van der Waals surface area contributed by atoms with Crippen LogP contribution < -0.4 is 0 Å². The van der Waals surface area contributed by atoms with E-state index in [-0.39, 0.29) is 5.78 Å². The van der Waals surface area contributed by atoms with Gasteiger partial charge in [0.05, 0.1) is 0 Å². The van der Waals surface area contributed by atoms with E-state index in [0.717, 1.165) is 30.5 Å². The van der Waals surface area contributed by atoms with E-state index in [1.54, 1.807) is 12.4 Å². The van der Waals surface area contributed by atoms with Crippen LogP contribution in [0.1, 0.15) is 29.6 Å². The van der Waals surface area contributed by atoms with Crippen molar-refractivity contribution in [3.05, 3.63) is 28.5 Å². The Morgan fingerprint density at radius 3 is 2.88 bits per heavy atom. The number of nitrogens with zero attached hydrogens (tertiary/aromatic N) is 1. The van der Waals surface area contributed by atoms with Gasteiger partial charge in [0.1, 0.15) is 0 Å². The lowest BCUT2D eigenvalue weighted by Gasteiger charge is -2.21. The van der Waals surface area contributed by atoms with Crippen LogP contribution in [-0.2, 0) is 4.74 Å². The molecule has 2 rings (SSSR count). The molecule has 0 spiro atoms. The van der Waals surface area contributed by atoms with Gasteiger partial charge in [-0.3, -0.25) is 9.78 Å². The van der Waals surface area contributed by atoms with Gasteiger partial charge in [-0.25, -0.2) is 0 Å². The predicted molar refractivity (Wildman–Crippen MR) is 64.4 cm³/mol. The van der Waals surface area contributed by atoms with E-state index in [2.05, 4.69) is 20.9 Å². The highest BCUT2D eigenvalue weighted by atomic mass is 79.9. The Balaban J connectivity index is 1.97. The van der Waals surface area contributed by atoms with Crippen molar-refractivity contribution in [2.24, 2.45) is 5.92 Å². The van der Waals surface area contributed by atoms with Crippen LogP contribution in [0, 0.1) is 5.92 Å². The summed E-state index contributed by atoms with van der Waals surface area (Å²) in [6, 6.07) is 1.83. The summed E-state index contributed by atoms with van der Waals surface area (Å²) in [4.78, 5) is 16.0. The van der Waals surface area contributed by atoms with E-state index in [1.165, 1.54) is 0 Å². The zero-order chi connectivity index (χ0) is 11.4. The normalized spacial score (nSPS) is 17.3. The third-order valence-electron chi connectivity index (χ3n) is 2.84. The first-order valence-electron chi connectivity index (χ1n) is 5.47. The molecule has 0 unspecified atom stereocenters. The molecule has 0 aromatic carbocycles. The van der Waals surface area contributed by atoms with Crippen LogP contribution in [0.5, 0.6) is 0 Å². The molecule has 0 amide bonds. The third-order valence-corrected chi connectivity index (χ3v) is 3.28. The Kier molecular flexibility index (Phi) is 4.07. The van der Waals surface area contributed by atoms with Gasteiger partial charge in [0.2, 0.25) is 0 Å². The van der Waals surface area contributed by atoms with E-state index >= 15 is 0 Å². The lowest BCUT2D eigenvalue weighted by molar-refractivity contribution is 0.0601. The van der Waals surface area contributed by atoms with Crippen LogP contribution in [0.25, 0.3) is 0 Å². The zero-order valence-corrected chi connectivity index (χ0v) is 10.6. The summed E-state index contributed by atoms with van der Waals surface area (Å²) in [5, 5.41) is 0. The number of hydrogen-bond donors (Lipinski definition) is 0. The second kappa shape index (κ2) is 5.55. The summed E-state index contributed by atoms with van der Waals surface area (Å²) in [6.45, 7) is 1.57. The lowest BCUT2D eigenvalue weighted by atomic mass is 9.92. The van der Waals surface area contributed by atoms with Crippen LogP contribution >= 0.6 is 15.9 Å². The molecule has 16 heavy (non-hydrogen) atoms. The standard InChI is InChI=1S/C12H14BrNO2/c13-11-6-10(7-14-8-11)12(15)5-9-1-3-16-4-2-9/h6-9H,1-5H2. The van der Waals surface area contributed by atoms with Crippen molar-refractivity contribution < 1.29 is 9.53 Å². The molecule has 1 aliphatic heterocycles. The van der Waals surface area contributed by atoms with Gasteiger partial charge >= 0.3 is 0 Å². The van der Waals surface area contributed by atoms with Gasteiger partial charge in [0, 0.05) is 42.1 Å². The predicted octanol–water partition coefficient (Wildman–Crippen LogP) is 2.84. The summed E-state index contributed by atoms with van der Waals surface area (Å²) in [6.07, 6.45) is 5.92. The highest BCUT2D eigenvalue weighted by Crippen LogP contribution is 2.21. The Morgan fingerprint density at radius 1 is 1.44 bits per heavy atom. The fraction of sp³-hybridized carbons (Fsp3) is 0.500. The Morgan fingerprint density at radius 2 is 2.19 bits per heavy atom. The molecule has 0 atom stereocenters. The summed E-state index contributed by atoms with van der Waals surface area (Å²) >= 11 is 3.32. The average molecular weight is 284 g/mol. The average Bonchev–Trinajstić information content (AvgIpc) is 2.30. The van der Waals surface area contributed by atoms with E-state index in [1.807, 2.05) is 6.07 Å². The quantitative estimate of drug-likeness (QED) is 0.801. The van der Waals surface area contributed by atoms with Gasteiger partial charge in [-0.2, -0.15) is 0 Å². The molecule has 2 heterocycles. The minimum atomic E-state index is 0.181. The van der Waals surface area contributed by atoms with E-state index in [4.69, 9.17) is 4.74 Å². The first-order valence-corrected chi connectivity index (χ1v) is 6.26. The van der Waals surface area contributed by atoms with Crippen LogP contribution in [0.3, 0.4) is 0 Å². The van der Waals surface area contributed by atoms with Crippen molar-refractivity contribution in [1.29, 1.82) is 0 Å². The minimum Gasteiger partial charge on any atom is -0.381 e. The second-order valence-corrected chi connectivity index (χ2v) is 4.99. The number of carbonyl (C=O) groups is 1. The molecule has 86 valence electrons. The molecule has 1 aliphatic rings. The van der Waals surface area contributed by atoms with Crippen molar-refractivity contribution in [2.45, 2.75) is 19.3 Å². The number of aromatic nitrogens is 1. The molecule has 4 heteroatoms. The topological polar surface area (TPSA) is 39.2 Å². The molecular weight excluding hydrogens is 270 g/mol. The van der Waals surface area contributed by atoms with Gasteiger partial charge in [-0.05, 0) is 40.8 Å². The number of rotatable bonds is 3. The SMILES string of the molecule is O=C(CC1CCOCC1)c1cncc(Br)c1. The monoisotopic (exact) mass is 283 g/mol. The molecular formula is C12H14BrNO2.